The van der Waals surface area contributed by atoms with Crippen LogP contribution in [0.2, 0.25) is 0 Å². The first-order chi connectivity index (χ1) is 15.5. The van der Waals surface area contributed by atoms with Gasteiger partial charge in [-0.2, -0.15) is 0 Å². The zero-order chi connectivity index (χ0) is 23.1. The van der Waals surface area contributed by atoms with E-state index in [1.165, 1.54) is 0 Å². The number of nitrogens with zero attached hydrogens (tertiary/aromatic N) is 1. The summed E-state index contributed by atoms with van der Waals surface area (Å²) >= 11 is 2.15. The number of halogens is 1. The minimum absolute atomic E-state index is 0.0117. The Kier molecular flexibility index (Phi) is 9.33. The van der Waals surface area contributed by atoms with E-state index in [2.05, 4.69) is 27.9 Å². The van der Waals surface area contributed by atoms with E-state index in [-0.39, 0.29) is 37.3 Å². The maximum atomic E-state index is 13.2. The first-order valence-corrected chi connectivity index (χ1v) is 12.0. The number of para-hydroxylation sites is 1. The molecule has 1 fully saturated rings. The molecular weight excluding hydrogens is 527 g/mol. The summed E-state index contributed by atoms with van der Waals surface area (Å²) in [6.07, 6.45) is 2.71. The quantitative estimate of drug-likeness (QED) is 0.376. The third kappa shape index (κ3) is 6.00. The second kappa shape index (κ2) is 12.0. The third-order valence-corrected chi connectivity index (χ3v) is 6.88. The smallest absolute Gasteiger partial charge is 0.247 e. The number of ether oxygens (including phenoxy) is 2. The summed E-state index contributed by atoms with van der Waals surface area (Å²) < 4.78 is 12.2. The largest absolute Gasteiger partial charge is 0.482 e. The number of benzene rings is 1. The van der Waals surface area contributed by atoms with Crippen molar-refractivity contribution in [2.45, 2.75) is 43.9 Å². The second-order valence-corrected chi connectivity index (χ2v) is 9.26. The number of nitrogens with one attached hydrogen (secondary N) is 1. The van der Waals surface area contributed by atoms with E-state index in [4.69, 9.17) is 14.6 Å². The van der Waals surface area contributed by atoms with Crippen LogP contribution in [-0.4, -0.2) is 78.6 Å². The van der Waals surface area contributed by atoms with Gasteiger partial charge in [-0.1, -0.05) is 18.6 Å². The van der Waals surface area contributed by atoms with Crippen LogP contribution in [0.4, 0.5) is 0 Å². The number of carbonyl (C=O) groups is 2. The van der Waals surface area contributed by atoms with E-state index in [1.807, 2.05) is 18.2 Å². The minimum Gasteiger partial charge on any atom is -0.482 e. The van der Waals surface area contributed by atoms with Crippen molar-refractivity contribution in [3.05, 3.63) is 39.5 Å². The summed E-state index contributed by atoms with van der Waals surface area (Å²) in [5.74, 6) is 0.196. The van der Waals surface area contributed by atoms with Crippen LogP contribution < -0.4 is 10.1 Å². The summed E-state index contributed by atoms with van der Waals surface area (Å²) in [5.41, 5.74) is 0.425. The van der Waals surface area contributed by atoms with Crippen molar-refractivity contribution in [1.82, 2.24) is 10.2 Å². The average Bonchev–Trinajstić information content (AvgIpc) is 2.74. The molecule has 32 heavy (non-hydrogen) atoms. The fourth-order valence-corrected chi connectivity index (χ4v) is 4.50. The Balaban J connectivity index is 1.89. The van der Waals surface area contributed by atoms with Crippen molar-refractivity contribution < 1.29 is 29.3 Å². The Hall–Kier alpha value is -1.69. The summed E-state index contributed by atoms with van der Waals surface area (Å²) in [7, 11) is 1.57. The normalized spacial score (nSPS) is 23.1. The Morgan fingerprint density at radius 1 is 1.28 bits per heavy atom. The molecule has 2 aliphatic rings. The zero-order valence-corrected chi connectivity index (χ0v) is 20.4. The molecule has 3 rings (SSSR count). The number of carbonyl (C=O) groups excluding carboxylic acids is 2. The van der Waals surface area contributed by atoms with Crippen LogP contribution in [0.3, 0.4) is 0 Å². The summed E-state index contributed by atoms with van der Waals surface area (Å²) in [5, 5.41) is 23.0. The molecule has 8 nitrogen and oxygen atoms in total. The summed E-state index contributed by atoms with van der Waals surface area (Å²) in [6.45, 7) is 0.613. The van der Waals surface area contributed by atoms with Gasteiger partial charge in [-0.3, -0.25) is 9.59 Å². The van der Waals surface area contributed by atoms with Gasteiger partial charge in [-0.15, -0.1) is 0 Å². The van der Waals surface area contributed by atoms with Gasteiger partial charge in [0.15, 0.2) is 0 Å². The van der Waals surface area contributed by atoms with E-state index < -0.39 is 18.2 Å². The lowest BCUT2D eigenvalue weighted by atomic mass is 9.82. The van der Waals surface area contributed by atoms with Gasteiger partial charge in [0.05, 0.1) is 22.8 Å². The molecule has 0 radical (unpaired) electrons. The van der Waals surface area contributed by atoms with Gasteiger partial charge in [0, 0.05) is 38.1 Å². The first-order valence-electron chi connectivity index (χ1n) is 10.9. The molecule has 1 aromatic rings. The Bertz CT molecular complexity index is 828. The van der Waals surface area contributed by atoms with E-state index in [9.17, 15) is 14.7 Å². The zero-order valence-electron chi connectivity index (χ0n) is 18.2. The number of aliphatic hydroxyl groups is 2. The van der Waals surface area contributed by atoms with E-state index >= 15 is 0 Å². The van der Waals surface area contributed by atoms with Crippen LogP contribution in [0.15, 0.2) is 35.9 Å². The van der Waals surface area contributed by atoms with E-state index in [0.717, 1.165) is 22.8 Å². The van der Waals surface area contributed by atoms with Gasteiger partial charge in [0.1, 0.15) is 18.0 Å². The fourth-order valence-electron chi connectivity index (χ4n) is 3.99. The molecule has 1 saturated carbocycles. The molecule has 2 amide bonds. The maximum Gasteiger partial charge on any atom is 0.247 e. The van der Waals surface area contributed by atoms with Crippen molar-refractivity contribution in [3.63, 3.8) is 0 Å². The maximum absolute atomic E-state index is 13.2. The van der Waals surface area contributed by atoms with Crippen molar-refractivity contribution in [1.29, 1.82) is 0 Å². The Morgan fingerprint density at radius 2 is 2.03 bits per heavy atom. The molecule has 0 aliphatic heterocycles. The van der Waals surface area contributed by atoms with Gasteiger partial charge in [-0.25, -0.2) is 0 Å². The molecule has 0 spiro atoms. The molecule has 0 saturated heterocycles. The molecule has 1 aromatic carbocycles. The molecule has 176 valence electrons. The first kappa shape index (κ1) is 24.9. The highest BCUT2D eigenvalue weighted by Crippen LogP contribution is 2.33. The Morgan fingerprint density at radius 3 is 2.66 bits per heavy atom. The minimum atomic E-state index is -1.01. The van der Waals surface area contributed by atoms with Crippen LogP contribution >= 0.6 is 22.6 Å². The topological polar surface area (TPSA) is 108 Å². The van der Waals surface area contributed by atoms with Crippen molar-refractivity contribution in [3.8, 4) is 5.75 Å². The number of hydrogen-bond donors (Lipinski definition) is 3. The van der Waals surface area contributed by atoms with Crippen molar-refractivity contribution in [2.24, 2.45) is 5.92 Å². The molecule has 2 aliphatic carbocycles. The van der Waals surface area contributed by atoms with Gasteiger partial charge < -0.3 is 29.9 Å². The number of rotatable bonds is 10. The lowest BCUT2D eigenvalue weighted by molar-refractivity contribution is -0.146. The van der Waals surface area contributed by atoms with Crippen molar-refractivity contribution >= 4 is 34.4 Å². The van der Waals surface area contributed by atoms with Crippen LogP contribution in [0.5, 0.6) is 5.75 Å². The van der Waals surface area contributed by atoms with Crippen LogP contribution in [0.25, 0.3) is 0 Å². The predicted octanol–water partition coefficient (Wildman–Crippen LogP) is 1.48. The molecule has 3 atom stereocenters. The monoisotopic (exact) mass is 558 g/mol. The standard InChI is InChI=1S/C23H31IN2O6/c1-31-12-10-26(23(30)15-5-4-6-15)18-13-16(22(29)25-9-11-27)14-20(21(18)28)32-19-8-3-2-7-17(19)24/h2-3,7-8,14-15,18,20-21,27-28H,4-6,9-13H2,1H3,(H,25,29). The molecule has 0 bridgehead atoms. The predicted molar refractivity (Wildman–Crippen MR) is 127 cm³/mol. The highest BCUT2D eigenvalue weighted by molar-refractivity contribution is 14.1. The second-order valence-electron chi connectivity index (χ2n) is 8.10. The number of aliphatic hydroxyl groups excluding tert-OH is 2. The Labute approximate surface area is 202 Å². The summed E-state index contributed by atoms with van der Waals surface area (Å²) in [4.78, 5) is 27.6. The molecule has 0 aromatic heterocycles. The fraction of sp³-hybridized carbons (Fsp3) is 0.565. The summed E-state index contributed by atoms with van der Waals surface area (Å²) in [6, 6.07) is 6.81. The lowest BCUT2D eigenvalue weighted by Gasteiger charge is -2.42. The highest BCUT2D eigenvalue weighted by Gasteiger charge is 2.42. The highest BCUT2D eigenvalue weighted by atomic mass is 127. The average molecular weight is 558 g/mol. The molecule has 0 heterocycles. The number of hydrogen-bond acceptors (Lipinski definition) is 6. The van der Waals surface area contributed by atoms with E-state index in [1.54, 1.807) is 24.2 Å². The van der Waals surface area contributed by atoms with E-state index in [0.29, 0.717) is 24.5 Å². The molecule has 3 N–H and O–H groups in total. The van der Waals surface area contributed by atoms with Crippen LogP contribution in [-0.2, 0) is 14.3 Å². The van der Waals surface area contributed by atoms with Gasteiger partial charge in [0.25, 0.3) is 0 Å². The van der Waals surface area contributed by atoms with Crippen LogP contribution in [0, 0.1) is 9.49 Å². The SMILES string of the molecule is COCCN(C(=O)C1CCC1)C1CC(C(=O)NCCO)=CC(Oc2ccccc2I)C1O. The molecule has 9 heteroatoms. The van der Waals surface area contributed by atoms with Gasteiger partial charge in [-0.05, 0) is 53.6 Å². The molecule has 3 unspecified atom stereocenters. The molecular formula is C23H31IN2O6. The van der Waals surface area contributed by atoms with Crippen molar-refractivity contribution in [2.75, 3.05) is 33.4 Å². The third-order valence-electron chi connectivity index (χ3n) is 5.99. The number of amides is 2. The van der Waals surface area contributed by atoms with Gasteiger partial charge in [0.2, 0.25) is 11.8 Å². The van der Waals surface area contributed by atoms with Crippen LogP contribution in [0.1, 0.15) is 25.7 Å². The number of methoxy groups -OCH3 is 1. The lowest BCUT2D eigenvalue weighted by Crippen LogP contribution is -2.57. The van der Waals surface area contributed by atoms with Gasteiger partial charge >= 0.3 is 0 Å².